The van der Waals surface area contributed by atoms with Crippen LogP contribution in [0.5, 0.6) is 0 Å². The van der Waals surface area contributed by atoms with Gasteiger partial charge in [-0.2, -0.15) is 0 Å². The van der Waals surface area contributed by atoms with Crippen molar-refractivity contribution in [1.29, 1.82) is 0 Å². The average Bonchev–Trinajstić information content (AvgIpc) is 2.93. The van der Waals surface area contributed by atoms with Crippen LogP contribution in [0, 0.1) is 0 Å². The first-order valence-electron chi connectivity index (χ1n) is 17.9. The van der Waals surface area contributed by atoms with Gasteiger partial charge in [0.05, 0.1) is 0 Å². The van der Waals surface area contributed by atoms with Crippen LogP contribution in [0.25, 0.3) is 0 Å². The number of carboxylic acid groups (broad SMARTS) is 2. The third-order valence-corrected chi connectivity index (χ3v) is 7.97. The van der Waals surface area contributed by atoms with E-state index >= 15 is 0 Å². The van der Waals surface area contributed by atoms with Crippen molar-refractivity contribution in [3.05, 3.63) is 0 Å². The maximum absolute atomic E-state index is 10.2. The van der Waals surface area contributed by atoms with Gasteiger partial charge in [-0.25, -0.2) is 0 Å². The number of hydrogen-bond donors (Lipinski definition) is 0. The molecule has 42 heavy (non-hydrogen) atoms. The Labute approximate surface area is 316 Å². The summed E-state index contributed by atoms with van der Waals surface area (Å²) in [6.07, 6.45) is 39.7. The van der Waals surface area contributed by atoms with Crippen molar-refractivity contribution < 1.29 is 39.3 Å². The van der Waals surface area contributed by atoms with Gasteiger partial charge in [0, 0.05) is 11.9 Å². The van der Waals surface area contributed by atoms with Crippen molar-refractivity contribution in [2.24, 2.45) is 0 Å². The summed E-state index contributed by atoms with van der Waals surface area (Å²) in [7, 11) is 0. The largest absolute Gasteiger partial charge is 2.00 e. The van der Waals surface area contributed by atoms with Crippen LogP contribution in [0.2, 0.25) is 0 Å². The van der Waals surface area contributed by atoms with E-state index in [0.717, 1.165) is 25.7 Å². The minimum atomic E-state index is -0.903. The van der Waals surface area contributed by atoms with Gasteiger partial charge < -0.3 is 19.8 Å². The fourth-order valence-corrected chi connectivity index (χ4v) is 5.28. The zero-order valence-corrected chi connectivity index (χ0v) is 30.9. The molecule has 244 valence electrons. The monoisotopic (exact) mass is 770 g/mol. The van der Waals surface area contributed by atoms with Crippen molar-refractivity contribution in [1.82, 2.24) is 0 Å². The maximum Gasteiger partial charge on any atom is 2.00 e. The van der Waals surface area contributed by atoms with Gasteiger partial charge in [-0.15, -0.1) is 0 Å². The summed E-state index contributed by atoms with van der Waals surface area (Å²) in [6, 6.07) is 0. The molecule has 0 spiro atoms. The molecule has 0 aliphatic heterocycles. The quantitative estimate of drug-likeness (QED) is 0.0505. The summed E-state index contributed by atoms with van der Waals surface area (Å²) in [5, 5.41) is 20.4. The molecule has 0 aliphatic carbocycles. The van der Waals surface area contributed by atoms with Gasteiger partial charge in [0.25, 0.3) is 0 Å². The number of carbonyl (C=O) groups excluding carboxylic acids is 2. The minimum Gasteiger partial charge on any atom is 2.00 e. The number of hydrogen-bond acceptors (Lipinski definition) is 4. The zero-order valence-electron chi connectivity index (χ0n) is 28.0. The molecule has 0 saturated heterocycles. The van der Waals surface area contributed by atoms with Crippen LogP contribution in [0.4, 0.5) is 0 Å². The van der Waals surface area contributed by atoms with Crippen LogP contribution in [-0.2, 0) is 29.1 Å². The van der Waals surface area contributed by atoms with Crippen molar-refractivity contribution in [3.8, 4) is 0 Å². The van der Waals surface area contributed by atoms with Gasteiger partial charge in [-0.05, 0) is 25.7 Å². The van der Waals surface area contributed by atoms with E-state index in [9.17, 15) is 19.8 Å². The smallest absolute Gasteiger partial charge is 2.00 e. The fourth-order valence-electron chi connectivity index (χ4n) is 5.28. The maximum atomic E-state index is 10.2. The van der Waals surface area contributed by atoms with Crippen LogP contribution in [-0.4, -0.2) is 60.8 Å². The number of unbranched alkanes of at least 4 members (excludes halogenated alkanes) is 28. The van der Waals surface area contributed by atoms with Gasteiger partial charge in [0.1, 0.15) is 0 Å². The first kappa shape index (κ1) is 50.0. The summed E-state index contributed by atoms with van der Waals surface area (Å²) in [4.78, 5) is 20.4. The molecule has 0 amide bonds. The molecule has 0 radical (unpaired) electrons. The minimum absolute atomic E-state index is 0. The molecule has 0 heterocycles. The normalized spacial score (nSPS) is 10.3. The first-order chi connectivity index (χ1) is 19.5. The molecule has 0 aromatic carbocycles. The number of rotatable bonds is 32. The molecule has 0 fully saturated rings. The Kier molecular flexibility index (Phi) is 55.4. The predicted octanol–water partition coefficient (Wildman–Crippen LogP) is 9.08. The zero-order chi connectivity index (χ0) is 29.8. The van der Waals surface area contributed by atoms with Crippen molar-refractivity contribution >= 4 is 60.8 Å². The Balaban J connectivity index is -0.000000328. The summed E-state index contributed by atoms with van der Waals surface area (Å²) >= 11 is 0. The standard InChI is InChI=1S/2C18H36O2.Ba.Zn.2H/c2*1-2-3-4-5-6-7-8-9-10-11-12-13-14-15-16-17-18(19)20;;;;/h2*2-17H2,1H3,(H,19,20);;;;/q;;;+2;;/p-2. The molecular weight excluding hydrogens is 699 g/mol. The van der Waals surface area contributed by atoms with Crippen molar-refractivity contribution in [2.75, 3.05) is 0 Å². The van der Waals surface area contributed by atoms with Crippen molar-refractivity contribution in [2.45, 2.75) is 219 Å². The Morgan fingerprint density at radius 3 is 0.619 bits per heavy atom. The van der Waals surface area contributed by atoms with Gasteiger partial charge in [-0.3, -0.25) is 0 Å². The van der Waals surface area contributed by atoms with Crippen LogP contribution >= 0.6 is 0 Å². The second-order valence-electron chi connectivity index (χ2n) is 12.1. The van der Waals surface area contributed by atoms with E-state index in [4.69, 9.17) is 0 Å². The average molecular weight is 772 g/mol. The van der Waals surface area contributed by atoms with Crippen LogP contribution in [0.15, 0.2) is 0 Å². The van der Waals surface area contributed by atoms with E-state index in [2.05, 4.69) is 13.8 Å². The van der Waals surface area contributed by atoms with Crippen LogP contribution < -0.4 is 10.2 Å². The second-order valence-corrected chi connectivity index (χ2v) is 12.1. The first-order valence-corrected chi connectivity index (χ1v) is 17.9. The summed E-state index contributed by atoms with van der Waals surface area (Å²) < 4.78 is 0. The fraction of sp³-hybridized carbons (Fsp3) is 0.944. The molecule has 0 aliphatic rings. The van der Waals surface area contributed by atoms with E-state index in [1.807, 2.05) is 0 Å². The van der Waals surface area contributed by atoms with E-state index in [0.29, 0.717) is 0 Å². The van der Waals surface area contributed by atoms with Gasteiger partial charge >= 0.3 is 68.4 Å². The van der Waals surface area contributed by atoms with Crippen LogP contribution in [0.1, 0.15) is 219 Å². The van der Waals surface area contributed by atoms with Gasteiger partial charge in [0.15, 0.2) is 0 Å². The molecule has 0 rings (SSSR count). The summed E-state index contributed by atoms with van der Waals surface area (Å²) in [6.45, 7) is 4.53. The van der Waals surface area contributed by atoms with E-state index in [1.54, 1.807) is 0 Å². The number of carbonyl (C=O) groups is 2. The molecule has 0 bridgehead atoms. The molecule has 0 N–H and O–H groups in total. The molecule has 0 atom stereocenters. The predicted molar refractivity (Wildman–Crippen MR) is 178 cm³/mol. The Bertz CT molecular complexity index is 461. The van der Waals surface area contributed by atoms with Crippen LogP contribution in [0.3, 0.4) is 0 Å². The molecule has 0 aromatic rings. The van der Waals surface area contributed by atoms with E-state index in [1.165, 1.54) is 167 Å². The molecule has 0 unspecified atom stereocenters. The molecule has 6 heteroatoms. The number of aliphatic carboxylic acids is 2. The Hall–Kier alpha value is 1.13. The molecule has 0 saturated carbocycles. The molecule has 0 aromatic heterocycles. The molecule has 4 nitrogen and oxygen atoms in total. The topological polar surface area (TPSA) is 80.3 Å². The van der Waals surface area contributed by atoms with E-state index < -0.39 is 11.9 Å². The van der Waals surface area contributed by atoms with Gasteiger partial charge in [0.2, 0.25) is 0 Å². The van der Waals surface area contributed by atoms with Crippen molar-refractivity contribution in [3.63, 3.8) is 0 Å². The number of carboxylic acids is 2. The Morgan fingerprint density at radius 2 is 0.476 bits per heavy atom. The van der Waals surface area contributed by atoms with Gasteiger partial charge in [-0.1, -0.05) is 194 Å². The van der Waals surface area contributed by atoms with E-state index in [-0.39, 0.29) is 81.2 Å². The Morgan fingerprint density at radius 1 is 0.333 bits per heavy atom. The molecular formula is C36H72BaO4Zn. The summed E-state index contributed by atoms with van der Waals surface area (Å²) in [5.41, 5.74) is 0. The second kappa shape index (κ2) is 46.6. The third-order valence-electron chi connectivity index (χ3n) is 7.97. The third kappa shape index (κ3) is 53.7. The summed E-state index contributed by atoms with van der Waals surface area (Å²) in [5.74, 6) is -1.81. The SMILES string of the molecule is CCCCCCCCCCCCCCCCCC(=O)[O-].CCCCCCCCCCCCCCCCCC(=O)[O-].[BaH2].[Zn+2].